The third-order valence-corrected chi connectivity index (χ3v) is 2.75. The van der Waals surface area contributed by atoms with Crippen LogP contribution in [-0.4, -0.2) is 19.7 Å². The van der Waals surface area contributed by atoms with E-state index in [2.05, 4.69) is 17.9 Å². The van der Waals surface area contributed by atoms with Gasteiger partial charge in [-0.1, -0.05) is 30.3 Å². The summed E-state index contributed by atoms with van der Waals surface area (Å²) in [5, 5.41) is 3.27. The van der Waals surface area contributed by atoms with Crippen LogP contribution in [0.1, 0.15) is 5.56 Å². The molecule has 0 saturated carbocycles. The van der Waals surface area contributed by atoms with E-state index in [1.165, 1.54) is 0 Å². The van der Waals surface area contributed by atoms with E-state index in [1.807, 2.05) is 30.3 Å². The van der Waals surface area contributed by atoms with Crippen LogP contribution >= 0.6 is 12.6 Å². The molecular weight excluding hydrogens is 182 g/mol. The van der Waals surface area contributed by atoms with Crippen LogP contribution in [0.4, 0.5) is 0 Å². The molecule has 0 aliphatic carbocycles. The number of hydrogen-bond donors (Lipinski definition) is 2. The Hall–Kier alpha value is -0.510. The highest BCUT2D eigenvalue weighted by atomic mass is 32.1. The van der Waals surface area contributed by atoms with Gasteiger partial charge in [0, 0.05) is 13.1 Å². The first kappa shape index (κ1) is 9.06. The van der Waals surface area contributed by atoms with Crippen molar-refractivity contribution < 1.29 is 4.74 Å². The molecule has 1 heterocycles. The highest BCUT2D eigenvalue weighted by molar-refractivity contribution is 7.81. The van der Waals surface area contributed by atoms with Gasteiger partial charge < -0.3 is 10.1 Å². The summed E-state index contributed by atoms with van der Waals surface area (Å²) in [6, 6.07) is 10.1. The summed E-state index contributed by atoms with van der Waals surface area (Å²) in [4.78, 5) is -0.445. The van der Waals surface area contributed by atoms with Gasteiger partial charge in [0.1, 0.15) is 4.93 Å². The fraction of sp³-hybridized carbons (Fsp3) is 0.400. The molecule has 1 aliphatic heterocycles. The molecule has 1 N–H and O–H groups in total. The fourth-order valence-electron chi connectivity index (χ4n) is 1.48. The van der Waals surface area contributed by atoms with E-state index in [9.17, 15) is 0 Å². The lowest BCUT2D eigenvalue weighted by Gasteiger charge is -2.33. The summed E-state index contributed by atoms with van der Waals surface area (Å²) in [6.45, 7) is 2.40. The van der Waals surface area contributed by atoms with E-state index in [-0.39, 0.29) is 0 Å². The minimum atomic E-state index is -0.445. The number of nitrogens with one attached hydrogen (secondary N) is 1. The first-order valence-corrected chi connectivity index (χ1v) is 4.88. The van der Waals surface area contributed by atoms with Crippen LogP contribution in [0.15, 0.2) is 30.3 Å². The standard InChI is InChI=1S/C10H13NOS/c13-10(8-11-6-7-12-10)9-4-2-1-3-5-9/h1-5,11,13H,6-8H2/t10-/m0/s1. The number of benzene rings is 1. The molecule has 3 heteroatoms. The van der Waals surface area contributed by atoms with Crippen LogP contribution in [0.3, 0.4) is 0 Å². The Morgan fingerprint density at radius 2 is 2.08 bits per heavy atom. The second kappa shape index (κ2) is 3.70. The molecule has 70 valence electrons. The smallest absolute Gasteiger partial charge is 0.148 e. The number of ether oxygens (including phenoxy) is 1. The van der Waals surface area contributed by atoms with Crippen molar-refractivity contribution >= 4 is 12.6 Å². The molecule has 1 fully saturated rings. The predicted molar refractivity (Wildman–Crippen MR) is 55.9 cm³/mol. The molecule has 1 aliphatic rings. The number of rotatable bonds is 1. The molecule has 1 aromatic carbocycles. The van der Waals surface area contributed by atoms with Gasteiger partial charge in [0.15, 0.2) is 0 Å². The normalized spacial score (nSPS) is 28.7. The Balaban J connectivity index is 2.23. The molecule has 2 nitrogen and oxygen atoms in total. The molecule has 13 heavy (non-hydrogen) atoms. The minimum absolute atomic E-state index is 0.445. The number of hydrogen-bond acceptors (Lipinski definition) is 3. The molecule has 0 bridgehead atoms. The van der Waals surface area contributed by atoms with Crippen LogP contribution < -0.4 is 5.32 Å². The van der Waals surface area contributed by atoms with Crippen molar-refractivity contribution in [3.63, 3.8) is 0 Å². The van der Waals surface area contributed by atoms with Crippen LogP contribution in [-0.2, 0) is 9.67 Å². The third kappa shape index (κ3) is 1.88. The quantitative estimate of drug-likeness (QED) is 0.661. The highest BCUT2D eigenvalue weighted by Crippen LogP contribution is 2.30. The lowest BCUT2D eigenvalue weighted by atomic mass is 10.1. The molecule has 1 saturated heterocycles. The Labute approximate surface area is 83.7 Å². The molecule has 0 radical (unpaired) electrons. The second-order valence-electron chi connectivity index (χ2n) is 3.18. The van der Waals surface area contributed by atoms with Crippen molar-refractivity contribution in [1.82, 2.24) is 5.32 Å². The molecule has 0 amide bonds. The van der Waals surface area contributed by atoms with Gasteiger partial charge in [0.25, 0.3) is 0 Å². The van der Waals surface area contributed by atoms with E-state index in [1.54, 1.807) is 0 Å². The maximum absolute atomic E-state index is 5.65. The summed E-state index contributed by atoms with van der Waals surface area (Å²) in [5.41, 5.74) is 1.12. The molecule has 1 aromatic rings. The van der Waals surface area contributed by atoms with Crippen LogP contribution in [0, 0.1) is 0 Å². The minimum Gasteiger partial charge on any atom is -0.358 e. The molecular formula is C10H13NOS. The zero-order valence-corrected chi connectivity index (χ0v) is 8.26. The molecule has 1 atom stereocenters. The Kier molecular flexibility index (Phi) is 2.58. The lowest BCUT2D eigenvalue weighted by molar-refractivity contribution is 0.000675. The van der Waals surface area contributed by atoms with Crippen molar-refractivity contribution in [3.8, 4) is 0 Å². The number of thiol groups is 1. The van der Waals surface area contributed by atoms with Gasteiger partial charge in [-0.2, -0.15) is 0 Å². The zero-order valence-electron chi connectivity index (χ0n) is 7.36. The highest BCUT2D eigenvalue weighted by Gasteiger charge is 2.30. The van der Waals surface area contributed by atoms with E-state index < -0.39 is 4.93 Å². The maximum atomic E-state index is 5.65. The topological polar surface area (TPSA) is 21.3 Å². The fourth-order valence-corrected chi connectivity index (χ4v) is 1.84. The largest absolute Gasteiger partial charge is 0.358 e. The Bertz CT molecular complexity index is 270. The SMILES string of the molecule is S[C@]1(c2ccccc2)CNCCO1. The maximum Gasteiger partial charge on any atom is 0.148 e. The van der Waals surface area contributed by atoms with Gasteiger partial charge in [-0.25, -0.2) is 0 Å². The van der Waals surface area contributed by atoms with Gasteiger partial charge in [-0.15, -0.1) is 12.6 Å². The molecule has 0 aromatic heterocycles. The first-order chi connectivity index (χ1) is 6.31. The molecule has 0 spiro atoms. The summed E-state index contributed by atoms with van der Waals surface area (Å²) in [7, 11) is 0. The van der Waals surface area contributed by atoms with Gasteiger partial charge in [-0.05, 0) is 5.56 Å². The van der Waals surface area contributed by atoms with Crippen LogP contribution in [0.25, 0.3) is 0 Å². The summed E-state index contributed by atoms with van der Waals surface area (Å²) in [5.74, 6) is 0. The van der Waals surface area contributed by atoms with Crippen LogP contribution in [0.2, 0.25) is 0 Å². The van der Waals surface area contributed by atoms with E-state index in [0.717, 1.165) is 25.3 Å². The molecule has 2 rings (SSSR count). The zero-order chi connectivity index (χ0) is 9.15. The van der Waals surface area contributed by atoms with Crippen molar-refractivity contribution in [1.29, 1.82) is 0 Å². The van der Waals surface area contributed by atoms with E-state index in [4.69, 9.17) is 4.74 Å². The van der Waals surface area contributed by atoms with E-state index >= 15 is 0 Å². The summed E-state index contributed by atoms with van der Waals surface area (Å²) in [6.07, 6.45) is 0. The monoisotopic (exact) mass is 195 g/mol. The lowest BCUT2D eigenvalue weighted by Crippen LogP contribution is -2.43. The van der Waals surface area contributed by atoms with Crippen molar-refractivity contribution in [2.75, 3.05) is 19.7 Å². The van der Waals surface area contributed by atoms with E-state index in [0.29, 0.717) is 0 Å². The van der Waals surface area contributed by atoms with Gasteiger partial charge in [0.05, 0.1) is 6.61 Å². The van der Waals surface area contributed by atoms with Gasteiger partial charge in [-0.3, -0.25) is 0 Å². The Morgan fingerprint density at radius 1 is 1.31 bits per heavy atom. The summed E-state index contributed by atoms with van der Waals surface area (Å²) >= 11 is 4.55. The second-order valence-corrected chi connectivity index (χ2v) is 3.90. The first-order valence-electron chi connectivity index (χ1n) is 4.44. The van der Waals surface area contributed by atoms with Crippen molar-refractivity contribution in [3.05, 3.63) is 35.9 Å². The predicted octanol–water partition coefficient (Wildman–Crippen LogP) is 1.39. The Morgan fingerprint density at radius 3 is 2.69 bits per heavy atom. The van der Waals surface area contributed by atoms with Crippen molar-refractivity contribution in [2.24, 2.45) is 0 Å². The van der Waals surface area contributed by atoms with Gasteiger partial charge in [0.2, 0.25) is 0 Å². The van der Waals surface area contributed by atoms with Gasteiger partial charge >= 0.3 is 0 Å². The molecule has 0 unspecified atom stereocenters. The number of morpholine rings is 1. The summed E-state index contributed by atoms with van der Waals surface area (Å²) < 4.78 is 5.65. The third-order valence-electron chi connectivity index (χ3n) is 2.21. The van der Waals surface area contributed by atoms with Crippen LogP contribution in [0.5, 0.6) is 0 Å². The van der Waals surface area contributed by atoms with Crippen molar-refractivity contribution in [2.45, 2.75) is 4.93 Å². The average Bonchev–Trinajstić information content (AvgIpc) is 2.20. The average molecular weight is 195 g/mol.